The molecule has 0 unspecified atom stereocenters. The normalized spacial score (nSPS) is 17.1. The average Bonchev–Trinajstić information content (AvgIpc) is 3.21. The summed E-state index contributed by atoms with van der Waals surface area (Å²) in [5, 5.41) is 9.62. The van der Waals surface area contributed by atoms with E-state index < -0.39 is 17.6 Å². The van der Waals surface area contributed by atoms with E-state index in [1.807, 2.05) is 0 Å². The summed E-state index contributed by atoms with van der Waals surface area (Å²) in [6.45, 7) is 0.0974. The highest BCUT2D eigenvalue weighted by atomic mass is 19.1. The number of carbonyl (C=O) groups excluding carboxylic acids is 2. The van der Waals surface area contributed by atoms with E-state index in [9.17, 15) is 18.4 Å². The molecule has 2 N–H and O–H groups in total. The molecule has 0 radical (unpaired) electrons. The topological polar surface area (TPSA) is 78.1 Å². The molecule has 0 aliphatic carbocycles. The third-order valence-electron chi connectivity index (χ3n) is 4.38. The quantitative estimate of drug-likeness (QED) is 0.757. The van der Waals surface area contributed by atoms with Crippen LogP contribution in [0.5, 0.6) is 0 Å². The van der Waals surface area contributed by atoms with Crippen LogP contribution in [-0.4, -0.2) is 28.6 Å². The lowest BCUT2D eigenvalue weighted by molar-refractivity contribution is -0.122. The molecule has 1 fully saturated rings. The van der Waals surface area contributed by atoms with Crippen LogP contribution in [0, 0.1) is 17.6 Å². The standard InChI is InChI=1S/C18H14F2N4O2/c19-11-4-6-12(7-5-11)21-18(26)10-8-15(25)24(9-10)17-16-13(20)2-1-3-14(16)22-23-17/h1-7,10H,8-9H2,(H,21,26)(H,22,23)/t10-/m1/s1. The monoisotopic (exact) mass is 356 g/mol. The molecule has 0 saturated carbocycles. The molecule has 4 rings (SSSR count). The van der Waals surface area contributed by atoms with Crippen molar-refractivity contribution in [3.8, 4) is 0 Å². The van der Waals surface area contributed by atoms with Gasteiger partial charge >= 0.3 is 0 Å². The second-order valence-electron chi connectivity index (χ2n) is 6.11. The van der Waals surface area contributed by atoms with Crippen molar-refractivity contribution in [1.82, 2.24) is 10.2 Å². The van der Waals surface area contributed by atoms with Crippen molar-refractivity contribution in [3.63, 3.8) is 0 Å². The maximum Gasteiger partial charge on any atom is 0.229 e. The van der Waals surface area contributed by atoms with Gasteiger partial charge in [0, 0.05) is 18.7 Å². The van der Waals surface area contributed by atoms with E-state index in [0.29, 0.717) is 11.2 Å². The SMILES string of the molecule is O=C(Nc1ccc(F)cc1)[C@@H]1CC(=O)N(c2n[nH]c3cccc(F)c23)C1. The average molecular weight is 356 g/mol. The van der Waals surface area contributed by atoms with Gasteiger partial charge in [0.25, 0.3) is 0 Å². The van der Waals surface area contributed by atoms with Crippen LogP contribution in [0.1, 0.15) is 6.42 Å². The highest BCUT2D eigenvalue weighted by Gasteiger charge is 2.37. The van der Waals surface area contributed by atoms with Gasteiger partial charge in [-0.3, -0.25) is 19.6 Å². The first kappa shape index (κ1) is 16.2. The molecular formula is C18H14F2N4O2. The van der Waals surface area contributed by atoms with Crippen LogP contribution < -0.4 is 10.2 Å². The van der Waals surface area contributed by atoms with E-state index in [2.05, 4.69) is 15.5 Å². The van der Waals surface area contributed by atoms with Gasteiger partial charge in [-0.15, -0.1) is 0 Å². The Hall–Kier alpha value is -3.29. The van der Waals surface area contributed by atoms with Gasteiger partial charge in [-0.25, -0.2) is 8.78 Å². The first-order chi connectivity index (χ1) is 12.5. The van der Waals surface area contributed by atoms with E-state index in [1.54, 1.807) is 12.1 Å². The predicted molar refractivity (Wildman–Crippen MR) is 91.5 cm³/mol. The van der Waals surface area contributed by atoms with Crippen molar-refractivity contribution in [3.05, 3.63) is 54.1 Å². The van der Waals surface area contributed by atoms with Gasteiger partial charge in [-0.2, -0.15) is 5.10 Å². The molecule has 26 heavy (non-hydrogen) atoms. The first-order valence-electron chi connectivity index (χ1n) is 8.02. The van der Waals surface area contributed by atoms with E-state index in [0.717, 1.165) is 0 Å². The largest absolute Gasteiger partial charge is 0.326 e. The molecule has 1 atom stereocenters. The van der Waals surface area contributed by atoms with E-state index >= 15 is 0 Å². The molecule has 8 heteroatoms. The molecule has 2 heterocycles. The third kappa shape index (κ3) is 2.79. The fourth-order valence-electron chi connectivity index (χ4n) is 3.07. The second kappa shape index (κ2) is 6.21. The maximum atomic E-state index is 14.1. The Morgan fingerprint density at radius 2 is 1.96 bits per heavy atom. The lowest BCUT2D eigenvalue weighted by Gasteiger charge is -2.14. The van der Waals surface area contributed by atoms with Crippen molar-refractivity contribution in [2.24, 2.45) is 5.92 Å². The number of nitrogens with zero attached hydrogens (tertiary/aromatic N) is 2. The summed E-state index contributed by atoms with van der Waals surface area (Å²) in [5.74, 6) is -1.98. The van der Waals surface area contributed by atoms with Crippen molar-refractivity contribution in [2.45, 2.75) is 6.42 Å². The molecule has 132 valence electrons. The molecular weight excluding hydrogens is 342 g/mol. The number of carbonyl (C=O) groups is 2. The number of hydrogen-bond acceptors (Lipinski definition) is 3. The van der Waals surface area contributed by atoms with Crippen molar-refractivity contribution in [1.29, 1.82) is 0 Å². The Kier molecular flexibility index (Phi) is 3.87. The predicted octanol–water partition coefficient (Wildman–Crippen LogP) is 2.83. The molecule has 1 aliphatic rings. The van der Waals surface area contributed by atoms with Gasteiger partial charge in [-0.1, -0.05) is 6.07 Å². The number of halogens is 2. The number of benzene rings is 2. The van der Waals surface area contributed by atoms with Gasteiger partial charge in [0.15, 0.2) is 5.82 Å². The van der Waals surface area contributed by atoms with Gasteiger partial charge < -0.3 is 5.32 Å². The highest BCUT2D eigenvalue weighted by Crippen LogP contribution is 2.31. The lowest BCUT2D eigenvalue weighted by atomic mass is 10.1. The zero-order valence-electron chi connectivity index (χ0n) is 13.5. The van der Waals surface area contributed by atoms with Crippen LogP contribution in [-0.2, 0) is 9.59 Å². The minimum Gasteiger partial charge on any atom is -0.326 e. The summed E-state index contributed by atoms with van der Waals surface area (Å²) in [6, 6.07) is 9.86. The number of amides is 2. The molecule has 0 spiro atoms. The van der Waals surface area contributed by atoms with Gasteiger partial charge in [0.05, 0.1) is 16.8 Å². The summed E-state index contributed by atoms with van der Waals surface area (Å²) >= 11 is 0. The van der Waals surface area contributed by atoms with E-state index in [4.69, 9.17) is 0 Å². The molecule has 1 aromatic heterocycles. The van der Waals surface area contributed by atoms with Gasteiger partial charge in [-0.05, 0) is 36.4 Å². The maximum absolute atomic E-state index is 14.1. The number of nitrogens with one attached hydrogen (secondary N) is 2. The molecule has 1 saturated heterocycles. The highest BCUT2D eigenvalue weighted by molar-refractivity contribution is 6.07. The number of aromatic nitrogens is 2. The summed E-state index contributed by atoms with van der Waals surface area (Å²) in [6.07, 6.45) is -0.00413. The van der Waals surface area contributed by atoms with Gasteiger partial charge in [0.2, 0.25) is 11.8 Å². The number of hydrogen-bond donors (Lipinski definition) is 2. The zero-order chi connectivity index (χ0) is 18.3. The minimum atomic E-state index is -0.605. The van der Waals surface area contributed by atoms with Crippen LogP contribution in [0.15, 0.2) is 42.5 Å². The Morgan fingerprint density at radius 1 is 1.19 bits per heavy atom. The summed E-state index contributed by atoms with van der Waals surface area (Å²) < 4.78 is 27.1. The Bertz CT molecular complexity index is 1000. The zero-order valence-corrected chi connectivity index (χ0v) is 13.5. The Morgan fingerprint density at radius 3 is 2.73 bits per heavy atom. The fourth-order valence-corrected chi connectivity index (χ4v) is 3.07. The molecule has 6 nitrogen and oxygen atoms in total. The molecule has 0 bridgehead atoms. The molecule has 1 aliphatic heterocycles. The first-order valence-corrected chi connectivity index (χ1v) is 8.02. The van der Waals surface area contributed by atoms with Crippen molar-refractivity contribution in [2.75, 3.05) is 16.8 Å². The van der Waals surface area contributed by atoms with Crippen molar-refractivity contribution >= 4 is 34.2 Å². The van der Waals surface area contributed by atoms with Crippen LogP contribution in [0.2, 0.25) is 0 Å². The number of rotatable bonds is 3. The summed E-state index contributed by atoms with van der Waals surface area (Å²) in [7, 11) is 0. The van der Waals surface area contributed by atoms with Gasteiger partial charge in [0.1, 0.15) is 11.6 Å². The summed E-state index contributed by atoms with van der Waals surface area (Å²) in [5.41, 5.74) is 0.922. The van der Waals surface area contributed by atoms with E-state index in [-0.39, 0.29) is 36.0 Å². The van der Waals surface area contributed by atoms with Crippen LogP contribution in [0.25, 0.3) is 10.9 Å². The third-order valence-corrected chi connectivity index (χ3v) is 4.38. The number of aromatic amines is 1. The van der Waals surface area contributed by atoms with Crippen LogP contribution >= 0.6 is 0 Å². The van der Waals surface area contributed by atoms with Crippen LogP contribution in [0.4, 0.5) is 20.3 Å². The molecule has 3 aromatic rings. The lowest BCUT2D eigenvalue weighted by Crippen LogP contribution is -2.28. The van der Waals surface area contributed by atoms with Crippen LogP contribution in [0.3, 0.4) is 0 Å². The Balaban J connectivity index is 1.54. The number of fused-ring (bicyclic) bond motifs is 1. The smallest absolute Gasteiger partial charge is 0.229 e. The summed E-state index contributed by atoms with van der Waals surface area (Å²) in [4.78, 5) is 26.1. The minimum absolute atomic E-state index is 0.00413. The second-order valence-corrected chi connectivity index (χ2v) is 6.11. The fraction of sp³-hybridized carbons (Fsp3) is 0.167. The number of anilines is 2. The Labute approximate surface area is 146 Å². The van der Waals surface area contributed by atoms with E-state index in [1.165, 1.54) is 35.2 Å². The molecule has 2 amide bonds. The molecule has 2 aromatic carbocycles. The van der Waals surface area contributed by atoms with Crippen molar-refractivity contribution < 1.29 is 18.4 Å². The number of H-pyrrole nitrogens is 1.